The molecule has 2 fully saturated rings. The summed E-state index contributed by atoms with van der Waals surface area (Å²) in [7, 11) is -2.52. The third-order valence-corrected chi connectivity index (χ3v) is 13.6. The van der Waals surface area contributed by atoms with Crippen molar-refractivity contribution in [2.24, 2.45) is 0 Å². The third-order valence-electron chi connectivity index (χ3n) is 11.0. The van der Waals surface area contributed by atoms with Gasteiger partial charge in [0.15, 0.2) is 23.9 Å². The summed E-state index contributed by atoms with van der Waals surface area (Å²) in [6.07, 6.45) is -3.16. The third kappa shape index (κ3) is 6.16. The zero-order valence-corrected chi connectivity index (χ0v) is 32.3. The van der Waals surface area contributed by atoms with Crippen LogP contribution in [-0.4, -0.2) is 85.3 Å². The van der Waals surface area contributed by atoms with E-state index in [2.05, 4.69) is 15.5 Å². The fourth-order valence-electron chi connectivity index (χ4n) is 8.35. The van der Waals surface area contributed by atoms with Gasteiger partial charge in [-0.2, -0.15) is 18.1 Å². The Kier molecular flexibility index (Phi) is 9.41. The number of nitrogens with two attached hydrogens (primary N) is 1. The molecule has 0 radical (unpaired) electrons. The molecule has 0 aliphatic carbocycles. The molecular formula is C36H37ClF3N7O6S2. The van der Waals surface area contributed by atoms with Crippen molar-refractivity contribution < 1.29 is 40.0 Å². The molecule has 1 amide bonds. The molecule has 2 aromatic heterocycles. The van der Waals surface area contributed by atoms with Gasteiger partial charge < -0.3 is 30.0 Å². The molecule has 292 valence electrons. The first kappa shape index (κ1) is 37.7. The number of ether oxygens (including phenoxy) is 2. The van der Waals surface area contributed by atoms with Gasteiger partial charge in [0.1, 0.15) is 41.5 Å². The number of nitrogens with one attached hydrogen (secondary N) is 2. The number of anilines is 2. The van der Waals surface area contributed by atoms with Gasteiger partial charge in [0.25, 0.3) is 22.4 Å². The normalized spacial score (nSPS) is 24.9. The number of aromatic nitrogens is 1. The number of carbonyl (C=O) groups is 1. The van der Waals surface area contributed by atoms with E-state index < -0.39 is 58.5 Å². The van der Waals surface area contributed by atoms with Gasteiger partial charge in [0, 0.05) is 42.8 Å². The summed E-state index contributed by atoms with van der Waals surface area (Å²) >= 11 is 7.82. The van der Waals surface area contributed by atoms with Gasteiger partial charge in [-0.05, 0) is 57.0 Å². The van der Waals surface area contributed by atoms with Crippen molar-refractivity contribution in [3.8, 4) is 28.7 Å². The Labute approximate surface area is 323 Å². The van der Waals surface area contributed by atoms with Crippen molar-refractivity contribution in [2.45, 2.75) is 69.7 Å². The van der Waals surface area contributed by atoms with Gasteiger partial charge in [-0.3, -0.25) is 19.2 Å². The summed E-state index contributed by atoms with van der Waals surface area (Å²) in [6, 6.07) is 7.93. The number of fused-ring (bicyclic) bond motifs is 4. The summed E-state index contributed by atoms with van der Waals surface area (Å²) < 4.78 is 90.5. The van der Waals surface area contributed by atoms with Crippen LogP contribution in [-0.2, 0) is 19.1 Å². The Morgan fingerprint density at radius 2 is 2.09 bits per heavy atom. The Morgan fingerprint density at radius 1 is 1.31 bits per heavy atom. The highest BCUT2D eigenvalue weighted by atomic mass is 35.5. The minimum atomic E-state index is -3.97. The van der Waals surface area contributed by atoms with Crippen molar-refractivity contribution in [3.63, 3.8) is 0 Å². The maximum atomic E-state index is 17.1. The number of amides is 1. The molecule has 2 aromatic carbocycles. The largest absolute Gasteiger partial charge is 0.488 e. The molecule has 13 nitrogen and oxygen atoms in total. The summed E-state index contributed by atoms with van der Waals surface area (Å²) in [5, 5.41) is 16.9. The molecule has 0 bridgehead atoms. The van der Waals surface area contributed by atoms with Crippen LogP contribution >= 0.6 is 22.9 Å². The van der Waals surface area contributed by atoms with Crippen LogP contribution < -0.4 is 25.8 Å². The lowest BCUT2D eigenvalue weighted by atomic mass is 9.95. The van der Waals surface area contributed by atoms with Gasteiger partial charge >= 0.3 is 0 Å². The number of carbonyl (C=O) groups excluding carboxylic acids is 1. The molecule has 1 unspecified atom stereocenters. The predicted molar refractivity (Wildman–Crippen MR) is 200 cm³/mol. The topological polar surface area (TPSA) is 164 Å². The first-order valence-electron chi connectivity index (χ1n) is 17.7. The summed E-state index contributed by atoms with van der Waals surface area (Å²) in [4.78, 5) is 16.9. The van der Waals surface area contributed by atoms with Crippen LogP contribution in [0, 0.1) is 17.1 Å². The van der Waals surface area contributed by atoms with Crippen LogP contribution in [0.5, 0.6) is 11.5 Å². The number of hydrogen-bond donors (Lipinski definition) is 3. The quantitative estimate of drug-likeness (QED) is 0.170. The van der Waals surface area contributed by atoms with E-state index in [0.29, 0.717) is 24.2 Å². The lowest BCUT2D eigenvalue weighted by Crippen LogP contribution is -2.58. The van der Waals surface area contributed by atoms with E-state index in [1.54, 1.807) is 12.1 Å². The molecule has 55 heavy (non-hydrogen) atoms. The zero-order valence-electron chi connectivity index (χ0n) is 29.9. The van der Waals surface area contributed by atoms with E-state index in [0.717, 1.165) is 30.7 Å². The van der Waals surface area contributed by atoms with E-state index >= 15 is 8.78 Å². The highest BCUT2D eigenvalue weighted by molar-refractivity contribution is 7.86. The fraction of sp³-hybridized carbons (Fsp3) is 0.444. The highest BCUT2D eigenvalue weighted by Gasteiger charge is 2.50. The highest BCUT2D eigenvalue weighted by Crippen LogP contribution is 2.53. The Balaban J connectivity index is 1.25. The molecule has 4 N–H and O–H groups in total. The molecule has 2 saturated heterocycles. The first-order valence-corrected chi connectivity index (χ1v) is 20.4. The van der Waals surface area contributed by atoms with E-state index in [4.69, 9.17) is 31.0 Å². The smallest absolute Gasteiger partial charge is 0.279 e. The molecular weight excluding hydrogens is 783 g/mol. The standard InChI is InChI=1S/C36H37ClF3N7O6S2/c1-4-55(49,50)53-17(2)34(48)45(3)35-43-23-8-9-24(51-16-36-10-5-11-46(36)14-18(38)12-36)29-27(23)33(44-35)47-15-21(37)26(28(47)31(40)52-29)19-6-7-22(39)30-25(19)20(13-41)32(42)54-30/h6-9,15,17-18,31,33,35,43-44H,4-5,10-12,14,16,42H2,1-3H3/t17-,18+,31?,33-,35+,36-/m0/s1. The number of thiophene rings is 1. The van der Waals surface area contributed by atoms with E-state index in [1.165, 1.54) is 48.7 Å². The van der Waals surface area contributed by atoms with Crippen LogP contribution in [0.4, 0.5) is 23.9 Å². The van der Waals surface area contributed by atoms with Crippen LogP contribution in [0.3, 0.4) is 0 Å². The summed E-state index contributed by atoms with van der Waals surface area (Å²) in [6.45, 7) is 3.93. The number of rotatable bonds is 9. The average molecular weight is 820 g/mol. The minimum Gasteiger partial charge on any atom is -0.488 e. The van der Waals surface area contributed by atoms with Crippen molar-refractivity contribution >= 4 is 59.7 Å². The maximum Gasteiger partial charge on any atom is 0.279 e. The first-order chi connectivity index (χ1) is 26.2. The number of halogens is 4. The number of nitrogens with zero attached hydrogens (tertiary/aromatic N) is 4. The lowest BCUT2D eigenvalue weighted by molar-refractivity contribution is -0.139. The molecule has 8 rings (SSSR count). The molecule has 6 heterocycles. The monoisotopic (exact) mass is 819 g/mol. The van der Waals surface area contributed by atoms with Gasteiger partial charge in [-0.1, -0.05) is 17.7 Å². The Bertz CT molecular complexity index is 2390. The average Bonchev–Trinajstić information content (AvgIpc) is 3.87. The van der Waals surface area contributed by atoms with Crippen LogP contribution in [0.1, 0.15) is 62.5 Å². The van der Waals surface area contributed by atoms with Crippen molar-refractivity contribution in [1.82, 2.24) is 19.7 Å². The second kappa shape index (κ2) is 13.7. The number of likely N-dealkylation sites (N-methyl/N-ethyl adjacent to an activating group) is 1. The van der Waals surface area contributed by atoms with Gasteiger partial charge in [0.05, 0.1) is 32.1 Å². The van der Waals surface area contributed by atoms with Crippen LogP contribution in [0.15, 0.2) is 30.5 Å². The molecule has 4 aliphatic heterocycles. The number of alkyl halides is 2. The minimum absolute atomic E-state index is 0.0149. The summed E-state index contributed by atoms with van der Waals surface area (Å²) in [5.74, 6) is -1.39. The molecule has 6 atom stereocenters. The SMILES string of the molecule is CCS(=O)(=O)O[C@@H](C)C(=O)N(C)[C@@H]1Nc2ccc(OC[C@@]34CCCN3C[C@H](F)C4)c3c2[C@@H](N1)n1cc(Cl)c(-c2ccc(F)c4sc(N)c(C#N)c24)c1C(F)O3. The Morgan fingerprint density at radius 3 is 2.84 bits per heavy atom. The number of nitrogen functional groups attached to an aromatic ring is 1. The van der Waals surface area contributed by atoms with Gasteiger partial charge in [-0.25, -0.2) is 8.78 Å². The van der Waals surface area contributed by atoms with Gasteiger partial charge in [0.2, 0.25) is 0 Å². The van der Waals surface area contributed by atoms with Crippen molar-refractivity contribution in [1.29, 1.82) is 5.26 Å². The van der Waals surface area contributed by atoms with Crippen LogP contribution in [0.2, 0.25) is 5.02 Å². The second-order valence-corrected chi connectivity index (χ2v) is 17.5. The second-order valence-electron chi connectivity index (χ2n) is 14.2. The van der Waals surface area contributed by atoms with Gasteiger partial charge in [-0.15, -0.1) is 11.3 Å². The number of hydrogen-bond acceptors (Lipinski definition) is 12. The zero-order chi connectivity index (χ0) is 39.1. The van der Waals surface area contributed by atoms with Crippen LogP contribution in [0.25, 0.3) is 21.2 Å². The predicted octanol–water partition coefficient (Wildman–Crippen LogP) is 5.99. The van der Waals surface area contributed by atoms with Crippen molar-refractivity contribution in [3.05, 3.63) is 58.1 Å². The lowest BCUT2D eigenvalue weighted by Gasteiger charge is -2.40. The van der Waals surface area contributed by atoms with E-state index in [9.17, 15) is 22.9 Å². The fourth-order valence-corrected chi connectivity index (χ4v) is 10.3. The molecule has 4 aliphatic rings. The molecule has 19 heteroatoms. The summed E-state index contributed by atoms with van der Waals surface area (Å²) in [5.41, 5.74) is 6.73. The van der Waals surface area contributed by atoms with E-state index in [1.807, 2.05) is 6.07 Å². The van der Waals surface area contributed by atoms with Crippen molar-refractivity contribution in [2.75, 3.05) is 43.5 Å². The number of benzene rings is 2. The molecule has 4 aromatic rings. The Hall–Kier alpha value is -4.25. The molecule has 0 saturated carbocycles. The number of nitriles is 1. The molecule has 0 spiro atoms. The maximum absolute atomic E-state index is 17.1. The van der Waals surface area contributed by atoms with E-state index in [-0.39, 0.29) is 66.4 Å².